The molecule has 334 valence electrons. The fraction of sp³-hybridized carbons (Fsp3) is 0.216. The van der Waals surface area contributed by atoms with Crippen molar-refractivity contribution in [2.45, 2.75) is 42.4 Å². The molecule has 3 amide bonds. The lowest BCUT2D eigenvalue weighted by Gasteiger charge is -2.46. The average molecular weight is 889 g/mol. The molecule has 3 heterocycles. The van der Waals surface area contributed by atoms with Gasteiger partial charge in [0.15, 0.2) is 0 Å². The highest BCUT2D eigenvalue weighted by atomic mass is 16.6. The number of amides is 3. The standard InChI is InChI=1S/C51H44N4O11/c56-27-28-64-38-20-12-19-36(29-38)46-51(39-21-10-11-22-40(39)53(49(51)60)50(61)65-31-32-23-25-37(26-24-32)55(62)63)42(47(58)52-30-41(57)33-13-4-1-5-14-33)44-48(59)66-45(35-17-8-3-9-18-35)43(54(44)46)34-15-6-2-7-16-34/h1-26,29,41-46,56-57H,27-28,30-31H2,(H,52,58)/t41-,42-,43-,44-,45+,46+,51-/m0/s1. The van der Waals surface area contributed by atoms with Gasteiger partial charge < -0.3 is 29.7 Å². The van der Waals surface area contributed by atoms with Crippen LogP contribution in [0.25, 0.3) is 0 Å². The van der Waals surface area contributed by atoms with E-state index in [-0.39, 0.29) is 43.3 Å². The molecule has 3 aliphatic heterocycles. The van der Waals surface area contributed by atoms with Crippen LogP contribution < -0.4 is 15.0 Å². The molecular formula is C51H44N4O11. The number of anilines is 1. The number of fused-ring (bicyclic) bond motifs is 3. The monoisotopic (exact) mass is 888 g/mol. The van der Waals surface area contributed by atoms with E-state index in [1.807, 2.05) is 65.6 Å². The van der Waals surface area contributed by atoms with E-state index in [2.05, 4.69) is 5.32 Å². The lowest BCUT2D eigenvalue weighted by Crippen LogP contribution is -2.56. The first-order valence-electron chi connectivity index (χ1n) is 21.4. The molecular weight excluding hydrogens is 845 g/mol. The second kappa shape index (κ2) is 18.4. The molecule has 0 aliphatic carbocycles. The van der Waals surface area contributed by atoms with E-state index in [0.29, 0.717) is 33.6 Å². The number of hydrogen-bond acceptors (Lipinski definition) is 12. The van der Waals surface area contributed by atoms with Gasteiger partial charge in [-0.3, -0.25) is 29.4 Å². The maximum absolute atomic E-state index is 16.2. The lowest BCUT2D eigenvalue weighted by molar-refractivity contribution is -0.384. The summed E-state index contributed by atoms with van der Waals surface area (Å²) in [5.74, 6) is -3.69. The first-order valence-corrected chi connectivity index (χ1v) is 21.4. The molecule has 66 heavy (non-hydrogen) atoms. The van der Waals surface area contributed by atoms with Crippen molar-refractivity contribution in [2.75, 3.05) is 24.7 Å². The number of hydrogen-bond donors (Lipinski definition) is 3. The third-order valence-electron chi connectivity index (χ3n) is 12.5. The van der Waals surface area contributed by atoms with Crippen LogP contribution in [0.15, 0.2) is 164 Å². The summed E-state index contributed by atoms with van der Waals surface area (Å²) in [5.41, 5.74) is 0.859. The van der Waals surface area contributed by atoms with Crippen LogP contribution in [-0.4, -0.2) is 69.7 Å². The first kappa shape index (κ1) is 43.5. The average Bonchev–Trinajstić information content (AvgIpc) is 3.81. The molecule has 0 saturated carbocycles. The van der Waals surface area contributed by atoms with Crippen LogP contribution in [0.4, 0.5) is 16.2 Å². The number of para-hydroxylation sites is 1. The highest BCUT2D eigenvalue weighted by Gasteiger charge is 2.75. The maximum atomic E-state index is 16.2. The highest BCUT2D eigenvalue weighted by Crippen LogP contribution is 2.66. The van der Waals surface area contributed by atoms with Gasteiger partial charge in [0, 0.05) is 18.7 Å². The van der Waals surface area contributed by atoms with Gasteiger partial charge in [-0.1, -0.05) is 121 Å². The number of rotatable bonds is 13. The Morgan fingerprint density at radius 3 is 2.11 bits per heavy atom. The highest BCUT2D eigenvalue weighted by molar-refractivity contribution is 6.23. The Morgan fingerprint density at radius 2 is 1.42 bits per heavy atom. The van der Waals surface area contributed by atoms with E-state index in [0.717, 1.165) is 4.90 Å². The van der Waals surface area contributed by atoms with Gasteiger partial charge in [-0.25, -0.2) is 9.69 Å². The molecule has 0 radical (unpaired) electrons. The molecule has 9 rings (SSSR count). The van der Waals surface area contributed by atoms with Crippen molar-refractivity contribution in [3.63, 3.8) is 0 Å². The van der Waals surface area contributed by atoms with Gasteiger partial charge in [-0.2, -0.15) is 0 Å². The molecule has 15 nitrogen and oxygen atoms in total. The lowest BCUT2D eigenvalue weighted by atomic mass is 9.65. The van der Waals surface area contributed by atoms with Crippen LogP contribution in [0, 0.1) is 16.0 Å². The minimum Gasteiger partial charge on any atom is -0.491 e. The van der Waals surface area contributed by atoms with Crippen LogP contribution in [0.5, 0.6) is 5.75 Å². The van der Waals surface area contributed by atoms with Crippen LogP contribution in [0.2, 0.25) is 0 Å². The SMILES string of the molecule is O=C1O[C@H](c2ccccc2)[C@H](c2ccccc2)N2[C@H]1[C@@H](C(=O)NC[C@H](O)c1ccccc1)[C@]1(C(=O)N(C(=O)OCc3ccc([N+](=O)[O-])cc3)c3ccccc31)[C@H]2c1cccc(OCCO)c1. The van der Waals surface area contributed by atoms with E-state index in [4.69, 9.17) is 14.2 Å². The fourth-order valence-electron chi connectivity index (χ4n) is 9.81. The molecule has 3 N–H and O–H groups in total. The number of nitrogens with zero attached hydrogens (tertiary/aromatic N) is 3. The zero-order valence-corrected chi connectivity index (χ0v) is 35.3. The van der Waals surface area contributed by atoms with Crippen molar-refractivity contribution in [1.29, 1.82) is 0 Å². The first-order chi connectivity index (χ1) is 32.1. The van der Waals surface area contributed by atoms with Crippen LogP contribution in [-0.2, 0) is 35.9 Å². The zero-order valence-electron chi connectivity index (χ0n) is 35.3. The molecule has 6 aromatic carbocycles. The summed E-state index contributed by atoms with van der Waals surface area (Å²) in [4.78, 5) is 75.0. The van der Waals surface area contributed by atoms with E-state index < -0.39 is 70.5 Å². The molecule has 2 saturated heterocycles. The number of nitro groups is 1. The van der Waals surface area contributed by atoms with Gasteiger partial charge >= 0.3 is 12.1 Å². The van der Waals surface area contributed by atoms with E-state index >= 15 is 14.4 Å². The number of ether oxygens (including phenoxy) is 3. The Balaban J connectivity index is 1.25. The Labute approximate surface area is 378 Å². The summed E-state index contributed by atoms with van der Waals surface area (Å²) in [6.45, 7) is -0.990. The molecule has 7 atom stereocenters. The predicted molar refractivity (Wildman–Crippen MR) is 239 cm³/mol. The van der Waals surface area contributed by atoms with Crippen molar-refractivity contribution < 1.29 is 48.5 Å². The summed E-state index contributed by atoms with van der Waals surface area (Å²) in [6, 6.07) is 42.5. The number of cyclic esters (lactones) is 1. The smallest absolute Gasteiger partial charge is 0.421 e. The predicted octanol–water partition coefficient (Wildman–Crippen LogP) is 6.82. The van der Waals surface area contributed by atoms with E-state index in [1.54, 1.807) is 78.9 Å². The quantitative estimate of drug-likeness (QED) is 0.0623. The number of nitrogens with one attached hydrogen (secondary N) is 1. The molecule has 1 spiro atoms. The Kier molecular flexibility index (Phi) is 12.1. The number of carbonyl (C=O) groups excluding carboxylic acids is 4. The van der Waals surface area contributed by atoms with Crippen LogP contribution in [0.3, 0.4) is 0 Å². The fourth-order valence-corrected chi connectivity index (χ4v) is 9.81. The molecule has 6 aromatic rings. The minimum absolute atomic E-state index is 0.0500. The summed E-state index contributed by atoms with van der Waals surface area (Å²) >= 11 is 0. The number of non-ortho nitro benzene ring substituents is 1. The van der Waals surface area contributed by atoms with Crippen LogP contribution >= 0.6 is 0 Å². The topological polar surface area (TPSA) is 198 Å². The number of aliphatic hydroxyl groups excluding tert-OH is 2. The van der Waals surface area contributed by atoms with Gasteiger partial charge in [0.25, 0.3) is 5.69 Å². The Hall–Kier alpha value is -7.72. The van der Waals surface area contributed by atoms with Gasteiger partial charge in [0.1, 0.15) is 36.5 Å². The van der Waals surface area contributed by atoms with Crippen molar-refractivity contribution in [3.8, 4) is 5.75 Å². The van der Waals surface area contributed by atoms with Gasteiger partial charge in [-0.05, 0) is 63.7 Å². The molecule has 15 heteroatoms. The summed E-state index contributed by atoms with van der Waals surface area (Å²) < 4.78 is 18.2. The van der Waals surface area contributed by atoms with Gasteiger partial charge in [0.2, 0.25) is 11.8 Å². The summed E-state index contributed by atoms with van der Waals surface area (Å²) in [7, 11) is 0. The Bertz CT molecular complexity index is 2760. The van der Waals surface area contributed by atoms with Crippen molar-refractivity contribution in [2.24, 2.45) is 5.92 Å². The largest absolute Gasteiger partial charge is 0.491 e. The Morgan fingerprint density at radius 1 is 0.788 bits per heavy atom. The van der Waals surface area contributed by atoms with Crippen LogP contribution in [0.1, 0.15) is 57.7 Å². The second-order valence-corrected chi connectivity index (χ2v) is 16.2. The number of nitro benzene ring substituents is 1. The van der Waals surface area contributed by atoms with Crippen molar-refractivity contribution in [1.82, 2.24) is 10.2 Å². The number of benzene rings is 6. The molecule has 0 aromatic heterocycles. The van der Waals surface area contributed by atoms with E-state index in [1.165, 1.54) is 24.3 Å². The van der Waals surface area contributed by atoms with Crippen molar-refractivity contribution in [3.05, 3.63) is 207 Å². The van der Waals surface area contributed by atoms with E-state index in [9.17, 15) is 25.1 Å². The third-order valence-corrected chi connectivity index (χ3v) is 12.5. The molecule has 2 fully saturated rings. The molecule has 3 aliphatic rings. The zero-order chi connectivity index (χ0) is 46.0. The number of imide groups is 1. The van der Waals surface area contributed by atoms with Gasteiger partial charge in [-0.15, -0.1) is 0 Å². The normalized spacial score (nSPS) is 22.5. The third kappa shape index (κ3) is 7.72. The number of carbonyl (C=O) groups is 4. The number of esters is 1. The van der Waals surface area contributed by atoms with Gasteiger partial charge in [0.05, 0.1) is 41.3 Å². The maximum Gasteiger partial charge on any atom is 0.421 e. The minimum atomic E-state index is -2.08. The van der Waals surface area contributed by atoms with Crippen molar-refractivity contribution >= 4 is 35.3 Å². The summed E-state index contributed by atoms with van der Waals surface area (Å²) in [5, 5.41) is 35.3. The molecule has 0 bridgehead atoms. The number of morpholine rings is 1. The summed E-state index contributed by atoms with van der Waals surface area (Å²) in [6.07, 6.45) is -3.22. The number of aliphatic hydroxyl groups is 2. The second-order valence-electron chi connectivity index (χ2n) is 16.2. The molecule has 0 unspecified atom stereocenters.